The van der Waals surface area contributed by atoms with Crippen LogP contribution in [0.5, 0.6) is 0 Å². The molecule has 1 aromatic carbocycles. The van der Waals surface area contributed by atoms with E-state index in [-0.39, 0.29) is 0 Å². The fraction of sp³-hybridized carbons (Fsp3) is 0.111. The Bertz CT molecular complexity index is 241. The standard InChI is InChI=1S/C9H13NSi/c1-10-7-9(11)8-5-3-2-4-6-8/h2-7,10H,1,11H3. The Hall–Kier alpha value is -1.02. The second kappa shape index (κ2) is 3.98. The molecule has 0 bridgehead atoms. The molecule has 0 spiro atoms. The number of nitrogens with one attached hydrogen (secondary N) is 1. The molecule has 0 atom stereocenters. The van der Waals surface area contributed by atoms with Gasteiger partial charge in [0, 0.05) is 17.3 Å². The number of hydrogen-bond donors (Lipinski definition) is 1. The molecule has 0 amide bonds. The van der Waals surface area contributed by atoms with Crippen LogP contribution >= 0.6 is 0 Å². The molecule has 1 aromatic rings. The smallest absolute Gasteiger partial charge is 0.0411 e. The first-order chi connectivity index (χ1) is 5.34. The highest BCUT2D eigenvalue weighted by molar-refractivity contribution is 6.42. The van der Waals surface area contributed by atoms with Crippen molar-refractivity contribution >= 4 is 15.4 Å². The maximum atomic E-state index is 3.04. The van der Waals surface area contributed by atoms with Crippen LogP contribution in [0.2, 0.25) is 0 Å². The second-order valence-corrected chi connectivity index (χ2v) is 3.56. The van der Waals surface area contributed by atoms with E-state index in [1.54, 1.807) is 0 Å². The fourth-order valence-corrected chi connectivity index (χ4v) is 1.62. The zero-order chi connectivity index (χ0) is 8.10. The molecule has 2 heteroatoms. The molecule has 0 aliphatic rings. The van der Waals surface area contributed by atoms with Crippen molar-refractivity contribution in [3.05, 3.63) is 42.1 Å². The molecule has 0 heterocycles. The molecular formula is C9H13NSi. The summed E-state index contributed by atoms with van der Waals surface area (Å²) in [4.78, 5) is 0. The van der Waals surface area contributed by atoms with Gasteiger partial charge in [-0.3, -0.25) is 0 Å². The summed E-state index contributed by atoms with van der Waals surface area (Å²) >= 11 is 0. The number of hydrogen-bond acceptors (Lipinski definition) is 1. The van der Waals surface area contributed by atoms with Crippen LogP contribution in [0.25, 0.3) is 5.20 Å². The van der Waals surface area contributed by atoms with Crippen LogP contribution in [0.15, 0.2) is 36.5 Å². The molecule has 1 N–H and O–H groups in total. The van der Waals surface area contributed by atoms with Crippen molar-refractivity contribution in [1.29, 1.82) is 0 Å². The Labute approximate surface area is 70.6 Å². The van der Waals surface area contributed by atoms with Gasteiger partial charge in [0.25, 0.3) is 0 Å². The van der Waals surface area contributed by atoms with Crippen molar-refractivity contribution in [2.45, 2.75) is 0 Å². The summed E-state index contributed by atoms with van der Waals surface area (Å²) in [6.45, 7) is 0. The maximum Gasteiger partial charge on any atom is 0.0411 e. The summed E-state index contributed by atoms with van der Waals surface area (Å²) in [6, 6.07) is 10.4. The summed E-state index contributed by atoms with van der Waals surface area (Å²) in [6.07, 6.45) is 2.06. The van der Waals surface area contributed by atoms with Crippen LogP contribution in [0.3, 0.4) is 0 Å². The van der Waals surface area contributed by atoms with E-state index in [9.17, 15) is 0 Å². The summed E-state index contributed by atoms with van der Waals surface area (Å²) in [5.74, 6) is 0. The minimum Gasteiger partial charge on any atom is -0.394 e. The van der Waals surface area contributed by atoms with Gasteiger partial charge in [-0.1, -0.05) is 30.3 Å². The van der Waals surface area contributed by atoms with Crippen molar-refractivity contribution in [2.24, 2.45) is 0 Å². The topological polar surface area (TPSA) is 12.0 Å². The van der Waals surface area contributed by atoms with Crippen LogP contribution < -0.4 is 5.32 Å². The van der Waals surface area contributed by atoms with E-state index in [0.717, 1.165) is 10.2 Å². The quantitative estimate of drug-likeness (QED) is 0.629. The fourth-order valence-electron chi connectivity index (χ4n) is 1.00. The van der Waals surface area contributed by atoms with E-state index in [2.05, 4.69) is 35.8 Å². The van der Waals surface area contributed by atoms with E-state index in [4.69, 9.17) is 0 Å². The van der Waals surface area contributed by atoms with E-state index in [1.807, 2.05) is 13.1 Å². The van der Waals surface area contributed by atoms with Gasteiger partial charge in [-0.2, -0.15) is 0 Å². The van der Waals surface area contributed by atoms with Crippen LogP contribution in [0.1, 0.15) is 5.56 Å². The largest absolute Gasteiger partial charge is 0.394 e. The lowest BCUT2D eigenvalue weighted by Gasteiger charge is -1.99. The monoisotopic (exact) mass is 163 g/mol. The highest BCUT2D eigenvalue weighted by Gasteiger charge is 1.90. The molecule has 0 saturated heterocycles. The average Bonchev–Trinajstić information content (AvgIpc) is 2.07. The molecule has 0 aliphatic carbocycles. The third kappa shape index (κ3) is 2.24. The molecule has 0 radical (unpaired) electrons. The molecular weight excluding hydrogens is 150 g/mol. The molecule has 11 heavy (non-hydrogen) atoms. The normalized spacial score (nSPS) is 11.5. The van der Waals surface area contributed by atoms with E-state index < -0.39 is 0 Å². The molecule has 0 saturated carbocycles. The van der Waals surface area contributed by atoms with Crippen molar-refractivity contribution in [1.82, 2.24) is 5.32 Å². The molecule has 58 valence electrons. The first-order valence-electron chi connectivity index (χ1n) is 3.74. The average molecular weight is 163 g/mol. The highest BCUT2D eigenvalue weighted by atomic mass is 28.1. The van der Waals surface area contributed by atoms with Gasteiger partial charge < -0.3 is 5.32 Å². The molecule has 0 aliphatic heterocycles. The van der Waals surface area contributed by atoms with Gasteiger partial charge >= 0.3 is 0 Å². The van der Waals surface area contributed by atoms with Crippen LogP contribution in [-0.4, -0.2) is 17.3 Å². The van der Waals surface area contributed by atoms with Crippen molar-refractivity contribution in [3.63, 3.8) is 0 Å². The van der Waals surface area contributed by atoms with Gasteiger partial charge in [-0.15, -0.1) is 0 Å². The lowest BCUT2D eigenvalue weighted by molar-refractivity contribution is 1.11. The van der Waals surface area contributed by atoms with Gasteiger partial charge in [-0.25, -0.2) is 0 Å². The Kier molecular flexibility index (Phi) is 2.92. The lowest BCUT2D eigenvalue weighted by Crippen LogP contribution is -1.95. The van der Waals surface area contributed by atoms with Gasteiger partial charge in [-0.05, 0) is 17.0 Å². The van der Waals surface area contributed by atoms with Crippen molar-refractivity contribution in [2.75, 3.05) is 7.05 Å². The first kappa shape index (κ1) is 8.08. The van der Waals surface area contributed by atoms with E-state index >= 15 is 0 Å². The molecule has 1 rings (SSSR count). The summed E-state index contributed by atoms with van der Waals surface area (Å²) in [5, 5.41) is 4.44. The number of rotatable bonds is 2. The van der Waals surface area contributed by atoms with Gasteiger partial charge in [0.15, 0.2) is 0 Å². The second-order valence-electron chi connectivity index (χ2n) is 2.48. The summed E-state index contributed by atoms with van der Waals surface area (Å²) in [5.41, 5.74) is 1.33. The molecule has 0 unspecified atom stereocenters. The number of benzene rings is 1. The molecule has 0 fully saturated rings. The van der Waals surface area contributed by atoms with Crippen molar-refractivity contribution in [3.8, 4) is 0 Å². The Morgan fingerprint density at radius 1 is 1.36 bits per heavy atom. The minimum atomic E-state index is 1.08. The Morgan fingerprint density at radius 2 is 2.00 bits per heavy atom. The summed E-state index contributed by atoms with van der Waals surface area (Å²) < 4.78 is 0. The Balaban J connectivity index is 2.85. The zero-order valence-electron chi connectivity index (χ0n) is 6.96. The lowest BCUT2D eigenvalue weighted by atomic mass is 10.2. The van der Waals surface area contributed by atoms with Crippen LogP contribution in [-0.2, 0) is 0 Å². The predicted octanol–water partition coefficient (Wildman–Crippen LogP) is 0.570. The first-order valence-corrected chi connectivity index (χ1v) is 4.74. The van der Waals surface area contributed by atoms with Crippen LogP contribution in [0.4, 0.5) is 0 Å². The third-order valence-corrected chi connectivity index (χ3v) is 2.46. The Morgan fingerprint density at radius 3 is 2.55 bits per heavy atom. The maximum absolute atomic E-state index is 3.04. The third-order valence-electron chi connectivity index (χ3n) is 1.59. The van der Waals surface area contributed by atoms with Crippen LogP contribution in [0, 0.1) is 0 Å². The van der Waals surface area contributed by atoms with E-state index in [0.29, 0.717) is 0 Å². The summed E-state index contributed by atoms with van der Waals surface area (Å²) in [7, 11) is 3.02. The van der Waals surface area contributed by atoms with Gasteiger partial charge in [0.05, 0.1) is 0 Å². The molecule has 1 nitrogen and oxygen atoms in total. The molecule has 0 aromatic heterocycles. The van der Waals surface area contributed by atoms with Gasteiger partial charge in [0.1, 0.15) is 0 Å². The zero-order valence-corrected chi connectivity index (χ0v) is 8.96. The van der Waals surface area contributed by atoms with Gasteiger partial charge in [0.2, 0.25) is 0 Å². The predicted molar refractivity (Wildman–Crippen MR) is 53.4 cm³/mol. The van der Waals surface area contributed by atoms with Crippen molar-refractivity contribution < 1.29 is 0 Å². The minimum absolute atomic E-state index is 1.08. The SMILES string of the molecule is CNC=C([SiH3])c1ccccc1. The highest BCUT2D eigenvalue weighted by Crippen LogP contribution is 2.07. The van der Waals surface area contributed by atoms with E-state index in [1.165, 1.54) is 10.8 Å².